The van der Waals surface area contributed by atoms with Crippen LogP contribution in [0.1, 0.15) is 17.0 Å². The minimum Gasteiger partial charge on any atom is -0.351 e. The van der Waals surface area contributed by atoms with Crippen LogP contribution in [0, 0.1) is 13.8 Å². The SMILES string of the molecule is Cc1ccc(CNC(=O)CSc2nnc(C)n2-c2ccccc2)cc1. The number of aromatic nitrogens is 3. The van der Waals surface area contributed by atoms with Gasteiger partial charge in [0.05, 0.1) is 5.75 Å². The summed E-state index contributed by atoms with van der Waals surface area (Å²) >= 11 is 1.39. The molecule has 3 aromatic rings. The smallest absolute Gasteiger partial charge is 0.230 e. The Kier molecular flexibility index (Phi) is 5.50. The van der Waals surface area contributed by atoms with Gasteiger partial charge in [0, 0.05) is 12.2 Å². The van der Waals surface area contributed by atoms with Crippen LogP contribution in [-0.2, 0) is 11.3 Å². The van der Waals surface area contributed by atoms with E-state index >= 15 is 0 Å². The first kappa shape index (κ1) is 17.2. The molecule has 6 heteroatoms. The average Bonchev–Trinajstić information content (AvgIpc) is 3.01. The summed E-state index contributed by atoms with van der Waals surface area (Å²) in [7, 11) is 0. The molecule has 1 amide bonds. The summed E-state index contributed by atoms with van der Waals surface area (Å²) < 4.78 is 1.96. The van der Waals surface area contributed by atoms with Crippen LogP contribution in [0.25, 0.3) is 5.69 Å². The highest BCUT2D eigenvalue weighted by molar-refractivity contribution is 7.99. The van der Waals surface area contributed by atoms with E-state index in [2.05, 4.69) is 15.5 Å². The van der Waals surface area contributed by atoms with Crippen LogP contribution in [-0.4, -0.2) is 26.4 Å². The van der Waals surface area contributed by atoms with Crippen molar-refractivity contribution < 1.29 is 4.79 Å². The van der Waals surface area contributed by atoms with Gasteiger partial charge >= 0.3 is 0 Å². The lowest BCUT2D eigenvalue weighted by molar-refractivity contribution is -0.118. The topological polar surface area (TPSA) is 59.8 Å². The van der Waals surface area contributed by atoms with Gasteiger partial charge in [0.2, 0.25) is 5.91 Å². The Balaban J connectivity index is 1.58. The predicted octanol–water partition coefficient (Wildman–Crippen LogP) is 3.29. The van der Waals surface area contributed by atoms with E-state index in [0.717, 1.165) is 17.1 Å². The van der Waals surface area contributed by atoms with Gasteiger partial charge in [0.15, 0.2) is 5.16 Å². The maximum atomic E-state index is 12.1. The molecule has 0 unspecified atom stereocenters. The van der Waals surface area contributed by atoms with Crippen LogP contribution >= 0.6 is 11.8 Å². The molecule has 0 aliphatic heterocycles. The number of hydrogen-bond acceptors (Lipinski definition) is 4. The Hall–Kier alpha value is -2.60. The van der Waals surface area contributed by atoms with Crippen LogP contribution in [0.2, 0.25) is 0 Å². The van der Waals surface area contributed by atoms with Crippen molar-refractivity contribution in [3.05, 3.63) is 71.5 Å². The Labute approximate surface area is 151 Å². The van der Waals surface area contributed by atoms with Crippen LogP contribution in [0.4, 0.5) is 0 Å². The molecule has 0 saturated heterocycles. The molecule has 0 radical (unpaired) electrons. The second kappa shape index (κ2) is 7.98. The van der Waals surface area contributed by atoms with Crippen molar-refractivity contribution in [2.75, 3.05) is 5.75 Å². The van der Waals surface area contributed by atoms with Crippen LogP contribution < -0.4 is 5.32 Å². The molecule has 0 atom stereocenters. The molecule has 0 fully saturated rings. The molecule has 3 rings (SSSR count). The molecular formula is C19H20N4OS. The zero-order chi connectivity index (χ0) is 17.6. The quantitative estimate of drug-likeness (QED) is 0.692. The summed E-state index contributed by atoms with van der Waals surface area (Å²) in [4.78, 5) is 12.1. The van der Waals surface area contributed by atoms with E-state index in [4.69, 9.17) is 0 Å². The summed E-state index contributed by atoms with van der Waals surface area (Å²) in [6, 6.07) is 18.0. The highest BCUT2D eigenvalue weighted by Crippen LogP contribution is 2.21. The standard InChI is InChI=1S/C19H20N4OS/c1-14-8-10-16(11-9-14)12-20-18(24)13-25-19-22-21-15(2)23(19)17-6-4-3-5-7-17/h3-11H,12-13H2,1-2H3,(H,20,24). The van der Waals surface area contributed by atoms with E-state index in [1.807, 2.05) is 73.0 Å². The van der Waals surface area contributed by atoms with Crippen molar-refractivity contribution in [1.82, 2.24) is 20.1 Å². The third kappa shape index (κ3) is 4.48. The number of aryl methyl sites for hydroxylation is 2. The molecule has 1 heterocycles. The molecular weight excluding hydrogens is 332 g/mol. The van der Waals surface area contributed by atoms with Crippen molar-refractivity contribution in [2.24, 2.45) is 0 Å². The third-order valence-electron chi connectivity index (χ3n) is 3.75. The van der Waals surface area contributed by atoms with Crippen LogP contribution in [0.15, 0.2) is 59.8 Å². The van der Waals surface area contributed by atoms with E-state index in [9.17, 15) is 4.79 Å². The number of carbonyl (C=O) groups is 1. The highest BCUT2D eigenvalue weighted by Gasteiger charge is 2.13. The van der Waals surface area contributed by atoms with Crippen LogP contribution in [0.3, 0.4) is 0 Å². The van der Waals surface area contributed by atoms with E-state index in [-0.39, 0.29) is 5.91 Å². The van der Waals surface area contributed by atoms with Gasteiger partial charge in [-0.05, 0) is 31.5 Å². The van der Waals surface area contributed by atoms with Crippen molar-refractivity contribution in [2.45, 2.75) is 25.5 Å². The molecule has 0 bridgehead atoms. The number of benzene rings is 2. The summed E-state index contributed by atoms with van der Waals surface area (Å²) in [5, 5.41) is 12.0. The van der Waals surface area contributed by atoms with Gasteiger partial charge in [-0.1, -0.05) is 59.8 Å². The fraction of sp³-hybridized carbons (Fsp3) is 0.211. The Bertz CT molecular complexity index is 844. The van der Waals surface area contributed by atoms with Gasteiger partial charge in [0.25, 0.3) is 0 Å². The van der Waals surface area contributed by atoms with Gasteiger partial charge in [-0.2, -0.15) is 0 Å². The lowest BCUT2D eigenvalue weighted by Crippen LogP contribution is -2.24. The zero-order valence-corrected chi connectivity index (χ0v) is 15.1. The van der Waals surface area contributed by atoms with Crippen molar-refractivity contribution >= 4 is 17.7 Å². The first-order chi connectivity index (χ1) is 12.1. The van der Waals surface area contributed by atoms with Crippen molar-refractivity contribution in [3.8, 4) is 5.69 Å². The monoisotopic (exact) mass is 352 g/mol. The fourth-order valence-electron chi connectivity index (χ4n) is 2.40. The van der Waals surface area contributed by atoms with E-state index in [0.29, 0.717) is 17.5 Å². The van der Waals surface area contributed by atoms with Gasteiger partial charge in [-0.25, -0.2) is 0 Å². The summed E-state index contributed by atoms with van der Waals surface area (Å²) in [5.41, 5.74) is 3.29. The minimum absolute atomic E-state index is 0.0224. The summed E-state index contributed by atoms with van der Waals surface area (Å²) in [6.07, 6.45) is 0. The molecule has 128 valence electrons. The molecule has 0 aliphatic carbocycles. The van der Waals surface area contributed by atoms with Crippen LogP contribution in [0.5, 0.6) is 0 Å². The fourth-order valence-corrected chi connectivity index (χ4v) is 3.23. The third-order valence-corrected chi connectivity index (χ3v) is 4.68. The summed E-state index contributed by atoms with van der Waals surface area (Å²) in [6.45, 7) is 4.48. The Morgan fingerprint density at radius 1 is 1.04 bits per heavy atom. The molecule has 1 aromatic heterocycles. The van der Waals surface area contributed by atoms with Gasteiger partial charge < -0.3 is 5.32 Å². The number of para-hydroxylation sites is 1. The van der Waals surface area contributed by atoms with E-state index in [1.165, 1.54) is 17.3 Å². The number of nitrogens with zero attached hydrogens (tertiary/aromatic N) is 3. The summed E-state index contributed by atoms with van der Waals surface area (Å²) in [5.74, 6) is 1.08. The minimum atomic E-state index is -0.0224. The molecule has 25 heavy (non-hydrogen) atoms. The van der Waals surface area contributed by atoms with E-state index in [1.54, 1.807) is 0 Å². The number of thioether (sulfide) groups is 1. The van der Waals surface area contributed by atoms with Crippen molar-refractivity contribution in [1.29, 1.82) is 0 Å². The second-order valence-electron chi connectivity index (χ2n) is 5.75. The molecule has 1 N–H and O–H groups in total. The van der Waals surface area contributed by atoms with E-state index < -0.39 is 0 Å². The number of nitrogens with one attached hydrogen (secondary N) is 1. The largest absolute Gasteiger partial charge is 0.351 e. The first-order valence-corrected chi connectivity index (χ1v) is 9.04. The maximum Gasteiger partial charge on any atom is 0.230 e. The normalized spacial score (nSPS) is 10.6. The number of amides is 1. The van der Waals surface area contributed by atoms with Gasteiger partial charge in [-0.15, -0.1) is 10.2 Å². The molecule has 0 aliphatic rings. The lowest BCUT2D eigenvalue weighted by Gasteiger charge is -2.08. The number of hydrogen-bond donors (Lipinski definition) is 1. The van der Waals surface area contributed by atoms with Gasteiger partial charge in [-0.3, -0.25) is 9.36 Å². The maximum absolute atomic E-state index is 12.1. The number of carbonyl (C=O) groups excluding carboxylic acids is 1. The Morgan fingerprint density at radius 2 is 1.76 bits per heavy atom. The average molecular weight is 352 g/mol. The highest BCUT2D eigenvalue weighted by atomic mass is 32.2. The first-order valence-electron chi connectivity index (χ1n) is 8.06. The molecule has 2 aromatic carbocycles. The molecule has 0 saturated carbocycles. The molecule has 5 nitrogen and oxygen atoms in total. The van der Waals surface area contributed by atoms with Crippen molar-refractivity contribution in [3.63, 3.8) is 0 Å². The predicted molar refractivity (Wildman–Crippen MR) is 99.8 cm³/mol. The van der Waals surface area contributed by atoms with Gasteiger partial charge in [0.1, 0.15) is 5.82 Å². The number of rotatable bonds is 6. The Morgan fingerprint density at radius 3 is 2.48 bits per heavy atom. The molecule has 0 spiro atoms. The zero-order valence-electron chi connectivity index (χ0n) is 14.3. The second-order valence-corrected chi connectivity index (χ2v) is 6.69. The lowest BCUT2D eigenvalue weighted by atomic mass is 10.1.